The molecule has 0 aromatic carbocycles. The van der Waals surface area contributed by atoms with Gasteiger partial charge in [0.25, 0.3) is 0 Å². The van der Waals surface area contributed by atoms with E-state index in [1.54, 1.807) is 7.11 Å². The van der Waals surface area contributed by atoms with Gasteiger partial charge in [0.05, 0.1) is 18.7 Å². The molecule has 1 N–H and O–H groups in total. The van der Waals surface area contributed by atoms with Crippen molar-refractivity contribution in [1.29, 1.82) is 0 Å². The topological polar surface area (TPSA) is 84.8 Å². The Morgan fingerprint density at radius 2 is 2.04 bits per heavy atom. The smallest absolute Gasteiger partial charge is 0.153 e. The normalized spacial score (nSPS) is 24.8. The Morgan fingerprint density at radius 3 is 2.71 bits per heavy atom. The minimum absolute atomic E-state index is 0.191. The van der Waals surface area contributed by atoms with Crippen LogP contribution in [0.5, 0.6) is 0 Å². The molecule has 4 rings (SSSR count). The van der Waals surface area contributed by atoms with Gasteiger partial charge in [0.2, 0.25) is 0 Å². The van der Waals surface area contributed by atoms with Crippen LogP contribution in [-0.4, -0.2) is 54.6 Å². The predicted molar refractivity (Wildman–Crippen MR) is 87.3 cm³/mol. The molecule has 8 heteroatoms. The molecule has 0 amide bonds. The van der Waals surface area contributed by atoms with Crippen molar-refractivity contribution < 1.29 is 4.74 Å². The van der Waals surface area contributed by atoms with Gasteiger partial charge in [-0.1, -0.05) is 6.92 Å². The van der Waals surface area contributed by atoms with Gasteiger partial charge in [0.15, 0.2) is 5.82 Å². The van der Waals surface area contributed by atoms with Crippen LogP contribution in [0.3, 0.4) is 0 Å². The first kappa shape index (κ1) is 15.7. The third-order valence-corrected chi connectivity index (χ3v) is 5.19. The fraction of sp³-hybridized carbons (Fsp3) is 0.750. The summed E-state index contributed by atoms with van der Waals surface area (Å²) in [5, 5.41) is 16.2. The first-order valence-corrected chi connectivity index (χ1v) is 8.75. The maximum Gasteiger partial charge on any atom is 0.153 e. The molecule has 0 bridgehead atoms. The number of hydrogen-bond acceptors (Lipinski definition) is 6. The molecule has 130 valence electrons. The second kappa shape index (κ2) is 6.25. The highest BCUT2D eigenvalue weighted by Gasteiger charge is 2.37. The van der Waals surface area contributed by atoms with Gasteiger partial charge in [-0.2, -0.15) is 5.10 Å². The number of hydrogen-bond donors (Lipinski definition) is 1. The van der Waals surface area contributed by atoms with E-state index in [0.717, 1.165) is 49.2 Å². The van der Waals surface area contributed by atoms with Crippen molar-refractivity contribution in [2.24, 2.45) is 7.05 Å². The van der Waals surface area contributed by atoms with E-state index >= 15 is 0 Å². The van der Waals surface area contributed by atoms with Crippen LogP contribution in [0.15, 0.2) is 0 Å². The van der Waals surface area contributed by atoms with E-state index in [0.29, 0.717) is 5.92 Å². The molecule has 1 saturated carbocycles. The first-order chi connectivity index (χ1) is 11.7. The number of methoxy groups -OCH3 is 1. The summed E-state index contributed by atoms with van der Waals surface area (Å²) in [6.45, 7) is 3.71. The van der Waals surface area contributed by atoms with Crippen molar-refractivity contribution in [3.8, 4) is 0 Å². The molecule has 1 saturated heterocycles. The zero-order valence-corrected chi connectivity index (χ0v) is 14.6. The highest BCUT2D eigenvalue weighted by molar-refractivity contribution is 5.09. The van der Waals surface area contributed by atoms with Crippen molar-refractivity contribution in [3.63, 3.8) is 0 Å². The summed E-state index contributed by atoms with van der Waals surface area (Å²) in [4.78, 5) is 7.12. The van der Waals surface area contributed by atoms with E-state index < -0.39 is 0 Å². The lowest BCUT2D eigenvalue weighted by Gasteiger charge is -2.21. The van der Waals surface area contributed by atoms with Crippen LogP contribution in [-0.2, 0) is 24.8 Å². The Kier molecular flexibility index (Phi) is 4.09. The summed E-state index contributed by atoms with van der Waals surface area (Å²) in [5.74, 6) is 4.48. The molecule has 2 aromatic rings. The SMILES string of the molecule is CCc1nnc(CN2C[C@H](OC)C[C@H]2c2nc(C3CC3)n[nH]2)n1C. The van der Waals surface area contributed by atoms with Gasteiger partial charge < -0.3 is 9.30 Å². The van der Waals surface area contributed by atoms with Crippen molar-refractivity contribution in [1.82, 2.24) is 34.8 Å². The molecular weight excluding hydrogens is 306 g/mol. The number of H-pyrrole nitrogens is 1. The van der Waals surface area contributed by atoms with E-state index in [4.69, 9.17) is 9.72 Å². The summed E-state index contributed by atoms with van der Waals surface area (Å²) in [7, 11) is 3.81. The molecule has 2 atom stereocenters. The minimum Gasteiger partial charge on any atom is -0.380 e. The van der Waals surface area contributed by atoms with Gasteiger partial charge in [-0.3, -0.25) is 10.00 Å². The number of aryl methyl sites for hydroxylation is 1. The molecular formula is C16H25N7O. The van der Waals surface area contributed by atoms with Gasteiger partial charge in [-0.25, -0.2) is 4.98 Å². The van der Waals surface area contributed by atoms with Crippen molar-refractivity contribution in [2.75, 3.05) is 13.7 Å². The third-order valence-electron chi connectivity index (χ3n) is 5.19. The maximum absolute atomic E-state index is 5.61. The molecule has 1 aliphatic heterocycles. The van der Waals surface area contributed by atoms with Crippen molar-refractivity contribution in [3.05, 3.63) is 23.3 Å². The van der Waals surface area contributed by atoms with Crippen LogP contribution < -0.4 is 0 Å². The highest BCUT2D eigenvalue weighted by Crippen LogP contribution is 2.39. The summed E-state index contributed by atoms with van der Waals surface area (Å²) >= 11 is 0. The maximum atomic E-state index is 5.61. The standard InChI is InChI=1S/C16H25N7O/c1-4-13-18-19-14(22(13)2)9-23-8-11(24-3)7-12(23)16-17-15(20-21-16)10-5-6-10/h10-12H,4-9H2,1-3H3,(H,17,20,21)/t11-,12+/m1/s1. The number of aromatic amines is 1. The van der Waals surface area contributed by atoms with Gasteiger partial charge in [0.1, 0.15) is 17.5 Å². The number of likely N-dealkylation sites (tertiary alicyclic amines) is 1. The number of rotatable bonds is 6. The van der Waals surface area contributed by atoms with Crippen LogP contribution in [0, 0.1) is 0 Å². The zero-order chi connectivity index (χ0) is 16.7. The molecule has 1 aliphatic carbocycles. The molecule has 0 radical (unpaired) electrons. The molecule has 3 heterocycles. The molecule has 0 unspecified atom stereocenters. The Bertz CT molecular complexity index is 705. The quantitative estimate of drug-likeness (QED) is 0.860. The molecule has 8 nitrogen and oxygen atoms in total. The highest BCUT2D eigenvalue weighted by atomic mass is 16.5. The van der Waals surface area contributed by atoms with E-state index in [1.807, 2.05) is 7.05 Å². The van der Waals surface area contributed by atoms with E-state index in [1.165, 1.54) is 12.8 Å². The molecule has 2 fully saturated rings. The van der Waals surface area contributed by atoms with Crippen LogP contribution in [0.1, 0.15) is 61.4 Å². The average molecular weight is 331 g/mol. The van der Waals surface area contributed by atoms with Crippen LogP contribution in [0.2, 0.25) is 0 Å². The van der Waals surface area contributed by atoms with Crippen molar-refractivity contribution in [2.45, 2.75) is 57.2 Å². The van der Waals surface area contributed by atoms with E-state index in [-0.39, 0.29) is 12.1 Å². The lowest BCUT2D eigenvalue weighted by Crippen LogP contribution is -2.27. The number of nitrogens with zero attached hydrogens (tertiary/aromatic N) is 6. The van der Waals surface area contributed by atoms with Gasteiger partial charge in [0, 0.05) is 33.0 Å². The number of aromatic nitrogens is 6. The van der Waals surface area contributed by atoms with Crippen LogP contribution >= 0.6 is 0 Å². The fourth-order valence-corrected chi connectivity index (χ4v) is 3.48. The lowest BCUT2D eigenvalue weighted by atomic mass is 10.2. The van der Waals surface area contributed by atoms with E-state index in [2.05, 4.69) is 36.8 Å². The Balaban J connectivity index is 1.55. The third kappa shape index (κ3) is 2.84. The van der Waals surface area contributed by atoms with E-state index in [9.17, 15) is 0 Å². The average Bonchev–Trinajstić information content (AvgIpc) is 3.04. The predicted octanol–water partition coefficient (Wildman–Crippen LogP) is 1.33. The fourth-order valence-electron chi connectivity index (χ4n) is 3.48. The summed E-state index contributed by atoms with van der Waals surface area (Å²) in [6.07, 6.45) is 4.45. The van der Waals surface area contributed by atoms with Crippen LogP contribution in [0.4, 0.5) is 0 Å². The summed E-state index contributed by atoms with van der Waals surface area (Å²) < 4.78 is 7.70. The number of nitrogens with one attached hydrogen (secondary N) is 1. The molecule has 2 aliphatic rings. The summed E-state index contributed by atoms with van der Waals surface area (Å²) in [5.41, 5.74) is 0. The largest absolute Gasteiger partial charge is 0.380 e. The minimum atomic E-state index is 0.191. The molecule has 24 heavy (non-hydrogen) atoms. The lowest BCUT2D eigenvalue weighted by molar-refractivity contribution is 0.106. The van der Waals surface area contributed by atoms with Crippen molar-refractivity contribution >= 4 is 0 Å². The van der Waals surface area contributed by atoms with Gasteiger partial charge in [-0.05, 0) is 19.3 Å². The monoisotopic (exact) mass is 331 g/mol. The molecule has 2 aromatic heterocycles. The summed E-state index contributed by atoms with van der Waals surface area (Å²) in [6, 6.07) is 0.191. The van der Waals surface area contributed by atoms with Gasteiger partial charge >= 0.3 is 0 Å². The Labute approximate surface area is 141 Å². The Morgan fingerprint density at radius 1 is 1.25 bits per heavy atom. The number of ether oxygens (including phenoxy) is 1. The van der Waals surface area contributed by atoms with Crippen LogP contribution in [0.25, 0.3) is 0 Å². The second-order valence-electron chi connectivity index (χ2n) is 6.84. The Hall–Kier alpha value is -1.80. The molecule has 0 spiro atoms. The zero-order valence-electron chi connectivity index (χ0n) is 14.6. The first-order valence-electron chi connectivity index (χ1n) is 8.75. The van der Waals surface area contributed by atoms with Gasteiger partial charge in [-0.15, -0.1) is 10.2 Å². The second-order valence-corrected chi connectivity index (χ2v) is 6.84.